The Bertz CT molecular complexity index is 1290. The topological polar surface area (TPSA) is 61.9 Å². The number of para-hydroxylation sites is 2. The van der Waals surface area contributed by atoms with Crippen LogP contribution in [-0.4, -0.2) is 42.9 Å². The maximum Gasteiger partial charge on any atom is 0.294 e. The van der Waals surface area contributed by atoms with Gasteiger partial charge in [-0.15, -0.1) is 0 Å². The number of nitrogens with one attached hydrogen (secondary N) is 1. The van der Waals surface area contributed by atoms with Crippen LogP contribution < -0.4 is 15.0 Å². The normalized spacial score (nSPS) is 16.5. The van der Waals surface area contributed by atoms with E-state index in [4.69, 9.17) is 4.74 Å². The van der Waals surface area contributed by atoms with E-state index < -0.39 is 0 Å². The molecule has 2 amide bonds. The van der Waals surface area contributed by atoms with E-state index in [2.05, 4.69) is 16.3 Å². The summed E-state index contributed by atoms with van der Waals surface area (Å²) in [5.41, 5.74) is 4.36. The number of nitrogens with zero attached hydrogens (tertiary/aromatic N) is 2. The van der Waals surface area contributed by atoms with Crippen molar-refractivity contribution in [2.75, 3.05) is 31.1 Å². The molecule has 0 unspecified atom stereocenters. The van der Waals surface area contributed by atoms with Crippen LogP contribution in [0.3, 0.4) is 0 Å². The molecule has 0 atom stereocenters. The third-order valence-corrected chi connectivity index (χ3v) is 6.86. The van der Waals surface area contributed by atoms with Gasteiger partial charge in [0.2, 0.25) is 0 Å². The molecule has 0 aromatic heterocycles. The van der Waals surface area contributed by atoms with Crippen molar-refractivity contribution in [2.45, 2.75) is 32.7 Å². The molecule has 1 N–H and O–H groups in total. The first kappa shape index (κ1) is 24.8. The summed E-state index contributed by atoms with van der Waals surface area (Å²) in [6.45, 7) is 6.54. The standard InChI is InChI=1S/C31H33N3O3/c1-23-8-6-9-25(20-23)22-34-27-10-2-3-11-28(27)37-29(31(34)36)21-24-12-14-26(15-13-24)30(35)32-16-7-19-33-17-4-5-18-33/h2-3,6,8-15,20-21H,4-5,7,16-19,22H2,1H3,(H,32,35)/b29-21+. The van der Waals surface area contributed by atoms with E-state index in [1.165, 1.54) is 25.9 Å². The lowest BCUT2D eigenvalue weighted by molar-refractivity contribution is -0.117. The molecule has 37 heavy (non-hydrogen) atoms. The van der Waals surface area contributed by atoms with Gasteiger partial charge in [0.15, 0.2) is 11.5 Å². The lowest BCUT2D eigenvalue weighted by Gasteiger charge is -2.30. The molecule has 5 rings (SSSR count). The van der Waals surface area contributed by atoms with Crippen molar-refractivity contribution in [2.24, 2.45) is 0 Å². The van der Waals surface area contributed by atoms with E-state index in [1.807, 2.05) is 61.5 Å². The summed E-state index contributed by atoms with van der Waals surface area (Å²) < 4.78 is 6.01. The van der Waals surface area contributed by atoms with E-state index >= 15 is 0 Å². The van der Waals surface area contributed by atoms with Crippen LogP contribution in [-0.2, 0) is 11.3 Å². The first-order valence-corrected chi connectivity index (χ1v) is 13.0. The number of benzene rings is 3. The van der Waals surface area contributed by atoms with E-state index in [0.29, 0.717) is 24.4 Å². The van der Waals surface area contributed by atoms with Gasteiger partial charge in [0, 0.05) is 12.1 Å². The fourth-order valence-electron chi connectivity index (χ4n) is 4.91. The predicted molar refractivity (Wildman–Crippen MR) is 146 cm³/mol. The summed E-state index contributed by atoms with van der Waals surface area (Å²) in [5.74, 6) is 0.625. The fourth-order valence-corrected chi connectivity index (χ4v) is 4.91. The maximum atomic E-state index is 13.5. The van der Waals surface area contributed by atoms with Crippen LogP contribution >= 0.6 is 0 Å². The molecule has 3 aromatic rings. The Morgan fingerprint density at radius 1 is 1.00 bits per heavy atom. The Balaban J connectivity index is 1.26. The smallest absolute Gasteiger partial charge is 0.294 e. The molecule has 6 heteroatoms. The van der Waals surface area contributed by atoms with E-state index in [-0.39, 0.29) is 17.6 Å². The third-order valence-electron chi connectivity index (χ3n) is 6.86. The number of rotatable bonds is 8. The van der Waals surface area contributed by atoms with Gasteiger partial charge in [0.05, 0.1) is 12.2 Å². The van der Waals surface area contributed by atoms with Crippen LogP contribution in [0.15, 0.2) is 78.6 Å². The van der Waals surface area contributed by atoms with Crippen molar-refractivity contribution >= 4 is 23.6 Å². The number of hydrogen-bond donors (Lipinski definition) is 1. The zero-order valence-electron chi connectivity index (χ0n) is 21.3. The fraction of sp³-hybridized carbons (Fsp3) is 0.290. The van der Waals surface area contributed by atoms with Crippen LogP contribution in [0.1, 0.15) is 46.3 Å². The number of fused-ring (bicyclic) bond motifs is 1. The highest BCUT2D eigenvalue weighted by atomic mass is 16.5. The first-order valence-electron chi connectivity index (χ1n) is 13.0. The number of aryl methyl sites for hydroxylation is 1. The van der Waals surface area contributed by atoms with Crippen LogP contribution in [0.25, 0.3) is 6.08 Å². The summed E-state index contributed by atoms with van der Waals surface area (Å²) in [4.78, 5) is 30.2. The quantitative estimate of drug-likeness (QED) is 0.346. The Morgan fingerprint density at radius 3 is 2.57 bits per heavy atom. The summed E-state index contributed by atoms with van der Waals surface area (Å²) in [6.07, 6.45) is 5.25. The minimum absolute atomic E-state index is 0.0797. The van der Waals surface area contributed by atoms with Gasteiger partial charge in [0.25, 0.3) is 11.8 Å². The van der Waals surface area contributed by atoms with Gasteiger partial charge in [-0.2, -0.15) is 0 Å². The van der Waals surface area contributed by atoms with Crippen LogP contribution in [0.4, 0.5) is 5.69 Å². The molecule has 2 aliphatic rings. The molecule has 0 bridgehead atoms. The lowest BCUT2D eigenvalue weighted by Crippen LogP contribution is -2.36. The number of hydrogen-bond acceptors (Lipinski definition) is 4. The third kappa shape index (κ3) is 6.09. The average Bonchev–Trinajstić information content (AvgIpc) is 3.43. The Labute approximate surface area is 218 Å². The van der Waals surface area contributed by atoms with Crippen molar-refractivity contribution in [3.8, 4) is 5.75 Å². The summed E-state index contributed by atoms with van der Waals surface area (Å²) in [6, 6.07) is 23.0. The largest absolute Gasteiger partial charge is 0.449 e. The molecular weight excluding hydrogens is 462 g/mol. The Hall–Kier alpha value is -3.90. The molecule has 0 radical (unpaired) electrons. The highest BCUT2D eigenvalue weighted by molar-refractivity contribution is 6.09. The van der Waals surface area contributed by atoms with Gasteiger partial charge in [-0.3, -0.25) is 14.5 Å². The molecule has 3 aromatic carbocycles. The van der Waals surface area contributed by atoms with Crippen molar-refractivity contribution in [3.05, 3.63) is 101 Å². The minimum atomic E-state index is -0.194. The number of amides is 2. The molecule has 2 aliphatic heterocycles. The van der Waals surface area contributed by atoms with Crippen molar-refractivity contribution in [3.63, 3.8) is 0 Å². The zero-order valence-corrected chi connectivity index (χ0v) is 21.3. The molecule has 0 aliphatic carbocycles. The summed E-state index contributed by atoms with van der Waals surface area (Å²) in [7, 11) is 0. The number of ether oxygens (including phenoxy) is 1. The first-order chi connectivity index (χ1) is 18.1. The number of likely N-dealkylation sites (tertiary alicyclic amines) is 1. The van der Waals surface area contributed by atoms with Gasteiger partial charge in [0.1, 0.15) is 0 Å². The molecule has 1 fully saturated rings. The molecular formula is C31H33N3O3. The average molecular weight is 496 g/mol. The van der Waals surface area contributed by atoms with Gasteiger partial charge in [-0.1, -0.05) is 54.1 Å². The molecule has 1 saturated heterocycles. The zero-order chi connectivity index (χ0) is 25.6. The Morgan fingerprint density at radius 2 is 1.78 bits per heavy atom. The predicted octanol–water partition coefficient (Wildman–Crippen LogP) is 5.18. The minimum Gasteiger partial charge on any atom is -0.449 e. The van der Waals surface area contributed by atoms with E-state index in [0.717, 1.165) is 35.3 Å². The monoisotopic (exact) mass is 495 g/mol. The van der Waals surface area contributed by atoms with Crippen LogP contribution in [0.5, 0.6) is 5.75 Å². The van der Waals surface area contributed by atoms with Crippen LogP contribution in [0, 0.1) is 6.92 Å². The second-order valence-electron chi connectivity index (χ2n) is 9.74. The maximum absolute atomic E-state index is 13.5. The van der Waals surface area contributed by atoms with Gasteiger partial charge in [-0.05, 0) is 87.3 Å². The van der Waals surface area contributed by atoms with Gasteiger partial charge in [-0.25, -0.2) is 0 Å². The van der Waals surface area contributed by atoms with Crippen molar-refractivity contribution in [1.82, 2.24) is 10.2 Å². The second-order valence-corrected chi connectivity index (χ2v) is 9.74. The van der Waals surface area contributed by atoms with Crippen LogP contribution in [0.2, 0.25) is 0 Å². The summed E-state index contributed by atoms with van der Waals surface area (Å²) >= 11 is 0. The van der Waals surface area contributed by atoms with Crippen molar-refractivity contribution in [1.29, 1.82) is 0 Å². The van der Waals surface area contributed by atoms with Crippen molar-refractivity contribution < 1.29 is 14.3 Å². The summed E-state index contributed by atoms with van der Waals surface area (Å²) in [5, 5.41) is 3.01. The Kier molecular flexibility index (Phi) is 7.66. The molecule has 0 spiro atoms. The molecule has 190 valence electrons. The van der Waals surface area contributed by atoms with Gasteiger partial charge < -0.3 is 15.0 Å². The SMILES string of the molecule is Cc1cccc(CN2C(=O)/C(=C\c3ccc(C(=O)NCCCN4CCCC4)cc3)Oc3ccccc32)c1. The number of anilines is 1. The highest BCUT2D eigenvalue weighted by Crippen LogP contribution is 2.36. The molecule has 0 saturated carbocycles. The number of carbonyl (C=O) groups is 2. The number of carbonyl (C=O) groups excluding carboxylic acids is 2. The van der Waals surface area contributed by atoms with E-state index in [9.17, 15) is 9.59 Å². The second kappa shape index (κ2) is 11.4. The molecule has 6 nitrogen and oxygen atoms in total. The highest BCUT2D eigenvalue weighted by Gasteiger charge is 2.30. The molecule has 2 heterocycles. The lowest BCUT2D eigenvalue weighted by atomic mass is 10.1. The van der Waals surface area contributed by atoms with E-state index in [1.54, 1.807) is 23.1 Å². The van der Waals surface area contributed by atoms with Gasteiger partial charge >= 0.3 is 0 Å².